The Hall–Kier alpha value is -2.09. The first-order valence-corrected chi connectivity index (χ1v) is 9.38. The Labute approximate surface area is 151 Å². The summed E-state index contributed by atoms with van der Waals surface area (Å²) in [5.74, 6) is 0.760. The van der Waals surface area contributed by atoms with E-state index in [2.05, 4.69) is 38.1 Å². The monoisotopic (exact) mass is 340 g/mol. The third-order valence-corrected chi connectivity index (χ3v) is 4.19. The summed E-state index contributed by atoms with van der Waals surface area (Å²) in [6.45, 7) is 4.86. The lowest BCUT2D eigenvalue weighted by Gasteiger charge is -2.07. The van der Waals surface area contributed by atoms with Gasteiger partial charge in [0.05, 0.1) is 0 Å². The van der Waals surface area contributed by atoms with Crippen LogP contribution in [0.4, 0.5) is 4.39 Å². The van der Waals surface area contributed by atoms with Crippen LogP contribution < -0.4 is 4.74 Å². The molecule has 0 saturated heterocycles. The van der Waals surface area contributed by atoms with E-state index in [0.29, 0.717) is 13.0 Å². The van der Waals surface area contributed by atoms with Gasteiger partial charge in [-0.1, -0.05) is 69.5 Å². The average molecular weight is 340 g/mol. The molecule has 1 nitrogen and oxygen atoms in total. The molecule has 0 N–H and O–H groups in total. The van der Waals surface area contributed by atoms with Crippen molar-refractivity contribution in [3.05, 3.63) is 71.0 Å². The molecule has 0 atom stereocenters. The molecular formula is C23H29FO. The van der Waals surface area contributed by atoms with Crippen LogP contribution in [0, 0.1) is 0 Å². The molecule has 0 radical (unpaired) electrons. The fourth-order valence-electron chi connectivity index (χ4n) is 2.71. The predicted molar refractivity (Wildman–Crippen MR) is 104 cm³/mol. The maximum Gasteiger partial charge on any atom is 0.119 e. The standard InChI is InChI=1S/C23H29FO/c1-3-5-6-8-22(24)17-20-13-15-23(16-14-20)25-18-21-11-9-19(7-4-2)10-12-21/h9-17H,3-8,18H2,1-2H3. The minimum atomic E-state index is -0.0470. The van der Waals surface area contributed by atoms with Crippen molar-refractivity contribution in [3.63, 3.8) is 0 Å². The maximum absolute atomic E-state index is 13.8. The van der Waals surface area contributed by atoms with Gasteiger partial charge in [-0.15, -0.1) is 0 Å². The van der Waals surface area contributed by atoms with Crippen LogP contribution in [0.5, 0.6) is 5.75 Å². The highest BCUT2D eigenvalue weighted by Crippen LogP contribution is 2.19. The molecule has 0 aliphatic rings. The van der Waals surface area contributed by atoms with Crippen LogP contribution in [0.15, 0.2) is 54.4 Å². The summed E-state index contributed by atoms with van der Waals surface area (Å²) in [5.41, 5.74) is 3.40. The van der Waals surface area contributed by atoms with E-state index in [4.69, 9.17) is 4.74 Å². The normalized spacial score (nSPS) is 11.6. The lowest BCUT2D eigenvalue weighted by Crippen LogP contribution is -1.95. The van der Waals surface area contributed by atoms with Crippen LogP contribution in [0.3, 0.4) is 0 Å². The summed E-state index contributed by atoms with van der Waals surface area (Å²) in [4.78, 5) is 0. The van der Waals surface area contributed by atoms with Gasteiger partial charge in [-0.05, 0) is 54.2 Å². The number of rotatable bonds is 10. The van der Waals surface area contributed by atoms with Crippen LogP contribution in [-0.2, 0) is 13.0 Å². The Morgan fingerprint density at radius 3 is 2.20 bits per heavy atom. The number of unbranched alkanes of at least 4 members (excludes halogenated alkanes) is 2. The van der Waals surface area contributed by atoms with Crippen LogP contribution in [0.1, 0.15) is 62.6 Å². The van der Waals surface area contributed by atoms with E-state index in [1.807, 2.05) is 24.3 Å². The molecule has 2 rings (SSSR count). The SMILES string of the molecule is CCCCCC(F)=Cc1ccc(OCc2ccc(CCC)cc2)cc1. The highest BCUT2D eigenvalue weighted by atomic mass is 19.1. The molecule has 0 heterocycles. The van der Waals surface area contributed by atoms with Crippen molar-refractivity contribution in [1.29, 1.82) is 0 Å². The van der Waals surface area contributed by atoms with Gasteiger partial charge >= 0.3 is 0 Å². The van der Waals surface area contributed by atoms with Crippen molar-refractivity contribution in [2.45, 2.75) is 59.0 Å². The van der Waals surface area contributed by atoms with E-state index in [1.54, 1.807) is 6.08 Å². The topological polar surface area (TPSA) is 9.23 Å². The van der Waals surface area contributed by atoms with E-state index in [-0.39, 0.29) is 5.83 Å². The highest BCUT2D eigenvalue weighted by molar-refractivity contribution is 5.52. The zero-order valence-corrected chi connectivity index (χ0v) is 15.4. The smallest absolute Gasteiger partial charge is 0.119 e. The highest BCUT2D eigenvalue weighted by Gasteiger charge is 1.99. The number of benzene rings is 2. The molecule has 0 aliphatic heterocycles. The molecule has 0 bridgehead atoms. The van der Waals surface area contributed by atoms with Crippen LogP contribution in [-0.4, -0.2) is 0 Å². The number of allylic oxidation sites excluding steroid dienone is 1. The van der Waals surface area contributed by atoms with Crippen molar-refractivity contribution >= 4 is 6.08 Å². The summed E-state index contributed by atoms with van der Waals surface area (Å²) < 4.78 is 19.6. The van der Waals surface area contributed by atoms with E-state index < -0.39 is 0 Å². The number of aryl methyl sites for hydroxylation is 1. The Bertz CT molecular complexity index is 641. The summed E-state index contributed by atoms with van der Waals surface area (Å²) in [5, 5.41) is 0. The zero-order valence-electron chi connectivity index (χ0n) is 15.4. The number of halogens is 1. The Morgan fingerprint density at radius 2 is 1.56 bits per heavy atom. The fourth-order valence-corrected chi connectivity index (χ4v) is 2.71. The third-order valence-electron chi connectivity index (χ3n) is 4.19. The van der Waals surface area contributed by atoms with Crippen molar-refractivity contribution < 1.29 is 9.13 Å². The van der Waals surface area contributed by atoms with Gasteiger partial charge in [-0.2, -0.15) is 0 Å². The van der Waals surface area contributed by atoms with Gasteiger partial charge in [0.15, 0.2) is 0 Å². The third kappa shape index (κ3) is 7.13. The molecule has 25 heavy (non-hydrogen) atoms. The lowest BCUT2D eigenvalue weighted by atomic mass is 10.1. The van der Waals surface area contributed by atoms with E-state index >= 15 is 0 Å². The van der Waals surface area contributed by atoms with E-state index in [9.17, 15) is 4.39 Å². The van der Waals surface area contributed by atoms with Gasteiger partial charge < -0.3 is 4.74 Å². The first-order valence-electron chi connectivity index (χ1n) is 9.38. The minimum absolute atomic E-state index is 0.0470. The molecule has 0 saturated carbocycles. The van der Waals surface area contributed by atoms with E-state index in [1.165, 1.54) is 5.56 Å². The second kappa shape index (κ2) is 10.7. The van der Waals surface area contributed by atoms with Crippen LogP contribution in [0.25, 0.3) is 6.08 Å². The van der Waals surface area contributed by atoms with Crippen LogP contribution >= 0.6 is 0 Å². The number of hydrogen-bond donors (Lipinski definition) is 0. The molecule has 0 unspecified atom stereocenters. The molecule has 0 aliphatic carbocycles. The molecule has 2 aromatic rings. The van der Waals surface area contributed by atoms with Crippen LogP contribution in [0.2, 0.25) is 0 Å². The van der Waals surface area contributed by atoms with Gasteiger partial charge in [-0.3, -0.25) is 0 Å². The van der Waals surface area contributed by atoms with Crippen molar-refractivity contribution in [2.24, 2.45) is 0 Å². The van der Waals surface area contributed by atoms with Gasteiger partial charge in [0.1, 0.15) is 18.2 Å². The zero-order chi connectivity index (χ0) is 17.9. The molecule has 0 amide bonds. The molecule has 2 aromatic carbocycles. The Balaban J connectivity index is 1.84. The average Bonchev–Trinajstić information content (AvgIpc) is 2.63. The second-order valence-corrected chi connectivity index (χ2v) is 6.47. The van der Waals surface area contributed by atoms with Gasteiger partial charge in [0.2, 0.25) is 0 Å². The lowest BCUT2D eigenvalue weighted by molar-refractivity contribution is 0.306. The molecule has 0 aromatic heterocycles. The Kier molecular flexibility index (Phi) is 8.24. The molecule has 0 fully saturated rings. The molecule has 2 heteroatoms. The second-order valence-electron chi connectivity index (χ2n) is 6.47. The quantitative estimate of drug-likeness (QED) is 0.419. The first kappa shape index (κ1) is 19.2. The van der Waals surface area contributed by atoms with Crippen molar-refractivity contribution in [3.8, 4) is 5.75 Å². The summed E-state index contributed by atoms with van der Waals surface area (Å²) in [6, 6.07) is 16.2. The molecule has 0 spiro atoms. The van der Waals surface area contributed by atoms with Gasteiger partial charge in [-0.25, -0.2) is 4.39 Å². The summed E-state index contributed by atoms with van der Waals surface area (Å²) in [6.07, 6.45) is 7.53. The Morgan fingerprint density at radius 1 is 0.880 bits per heavy atom. The predicted octanol–water partition coefficient (Wildman–Crippen LogP) is 7.11. The van der Waals surface area contributed by atoms with Gasteiger partial charge in [0.25, 0.3) is 0 Å². The van der Waals surface area contributed by atoms with E-state index in [0.717, 1.165) is 49.0 Å². The fraction of sp³-hybridized carbons (Fsp3) is 0.391. The van der Waals surface area contributed by atoms with Gasteiger partial charge in [0, 0.05) is 0 Å². The summed E-state index contributed by atoms with van der Waals surface area (Å²) >= 11 is 0. The van der Waals surface area contributed by atoms with Crippen molar-refractivity contribution in [2.75, 3.05) is 0 Å². The number of hydrogen-bond acceptors (Lipinski definition) is 1. The largest absolute Gasteiger partial charge is 0.489 e. The number of ether oxygens (including phenoxy) is 1. The first-order chi connectivity index (χ1) is 12.2. The summed E-state index contributed by atoms with van der Waals surface area (Å²) in [7, 11) is 0. The maximum atomic E-state index is 13.8. The molecule has 134 valence electrons. The van der Waals surface area contributed by atoms with Crippen molar-refractivity contribution in [1.82, 2.24) is 0 Å². The molecular weight excluding hydrogens is 311 g/mol. The minimum Gasteiger partial charge on any atom is -0.489 e.